The highest BCUT2D eigenvalue weighted by Gasteiger charge is 2.23. The van der Waals surface area contributed by atoms with Crippen molar-refractivity contribution in [3.05, 3.63) is 64.7 Å². The molecule has 0 aliphatic rings. The van der Waals surface area contributed by atoms with Gasteiger partial charge in [-0.15, -0.1) is 0 Å². The quantitative estimate of drug-likeness (QED) is 0.901. The van der Waals surface area contributed by atoms with Gasteiger partial charge in [0.1, 0.15) is 11.6 Å². The van der Waals surface area contributed by atoms with Gasteiger partial charge in [0.2, 0.25) is 0 Å². The van der Waals surface area contributed by atoms with Crippen LogP contribution in [0.2, 0.25) is 5.02 Å². The average molecular weight is 298 g/mol. The Morgan fingerprint density at radius 2 is 1.80 bits per heavy atom. The summed E-state index contributed by atoms with van der Waals surface area (Å²) in [6.45, 7) is 0. The molecule has 3 nitrogen and oxygen atoms in total. The Morgan fingerprint density at radius 3 is 2.35 bits per heavy atom. The number of halogens is 3. The van der Waals surface area contributed by atoms with E-state index < -0.39 is 23.6 Å². The molecular formula is C14H10ClF2NO2. The Morgan fingerprint density at radius 1 is 1.15 bits per heavy atom. The molecule has 2 N–H and O–H groups in total. The molecular weight excluding hydrogens is 288 g/mol. The van der Waals surface area contributed by atoms with Gasteiger partial charge in [-0.25, -0.2) is 13.6 Å². The fourth-order valence-electron chi connectivity index (χ4n) is 1.72. The number of carboxylic acid groups (broad SMARTS) is 1. The van der Waals surface area contributed by atoms with Crippen molar-refractivity contribution in [1.82, 2.24) is 0 Å². The van der Waals surface area contributed by atoms with Crippen molar-refractivity contribution in [2.45, 2.75) is 6.04 Å². The van der Waals surface area contributed by atoms with Crippen molar-refractivity contribution in [3.63, 3.8) is 0 Å². The van der Waals surface area contributed by atoms with Gasteiger partial charge < -0.3 is 10.4 Å². The molecule has 0 heterocycles. The predicted octanol–water partition coefficient (Wildman–Crippen LogP) is 3.86. The van der Waals surface area contributed by atoms with E-state index in [2.05, 4.69) is 5.32 Å². The molecule has 2 rings (SSSR count). The predicted molar refractivity (Wildman–Crippen MR) is 71.8 cm³/mol. The molecule has 20 heavy (non-hydrogen) atoms. The van der Waals surface area contributed by atoms with E-state index in [1.165, 1.54) is 0 Å². The molecule has 2 aromatic carbocycles. The summed E-state index contributed by atoms with van der Waals surface area (Å²) < 4.78 is 26.5. The monoisotopic (exact) mass is 297 g/mol. The SMILES string of the molecule is O=C(O)C(Nc1ccc(Cl)cc1)c1ccc(F)cc1F. The van der Waals surface area contributed by atoms with Crippen molar-refractivity contribution in [1.29, 1.82) is 0 Å². The number of nitrogens with one attached hydrogen (secondary N) is 1. The second-order valence-corrected chi connectivity index (χ2v) is 4.52. The highest BCUT2D eigenvalue weighted by molar-refractivity contribution is 6.30. The van der Waals surface area contributed by atoms with E-state index in [0.717, 1.165) is 12.1 Å². The summed E-state index contributed by atoms with van der Waals surface area (Å²) in [6, 6.07) is 7.73. The van der Waals surface area contributed by atoms with Crippen LogP contribution >= 0.6 is 11.6 Å². The van der Waals surface area contributed by atoms with Gasteiger partial charge in [-0.05, 0) is 30.3 Å². The molecule has 1 atom stereocenters. The van der Waals surface area contributed by atoms with Crippen molar-refractivity contribution in [2.24, 2.45) is 0 Å². The maximum absolute atomic E-state index is 13.7. The van der Waals surface area contributed by atoms with Crippen LogP contribution in [0, 0.1) is 11.6 Å². The summed E-state index contributed by atoms with van der Waals surface area (Å²) in [5, 5.41) is 12.3. The lowest BCUT2D eigenvalue weighted by atomic mass is 10.1. The first-order valence-corrected chi connectivity index (χ1v) is 6.05. The highest BCUT2D eigenvalue weighted by atomic mass is 35.5. The number of rotatable bonds is 4. The van der Waals surface area contributed by atoms with Gasteiger partial charge in [0.15, 0.2) is 6.04 Å². The Kier molecular flexibility index (Phi) is 4.20. The van der Waals surface area contributed by atoms with Crippen LogP contribution in [-0.2, 0) is 4.79 Å². The van der Waals surface area contributed by atoms with Crippen LogP contribution in [0.1, 0.15) is 11.6 Å². The standard InChI is InChI=1S/C14H10ClF2NO2/c15-8-1-4-10(5-2-8)18-13(14(19)20)11-6-3-9(16)7-12(11)17/h1-7,13,18H,(H,19,20). The molecule has 0 saturated carbocycles. The lowest BCUT2D eigenvalue weighted by Gasteiger charge is -2.17. The molecule has 104 valence electrons. The zero-order valence-corrected chi connectivity index (χ0v) is 10.9. The van der Waals surface area contributed by atoms with Crippen LogP contribution in [0.15, 0.2) is 42.5 Å². The molecule has 0 aromatic heterocycles. The number of anilines is 1. The Bertz CT molecular complexity index is 632. The fraction of sp³-hybridized carbons (Fsp3) is 0.0714. The summed E-state index contributed by atoms with van der Waals surface area (Å²) >= 11 is 5.72. The van der Waals surface area contributed by atoms with Crippen LogP contribution < -0.4 is 5.32 Å². The smallest absolute Gasteiger partial charge is 0.330 e. The number of aliphatic carboxylic acids is 1. The van der Waals surface area contributed by atoms with E-state index in [1.54, 1.807) is 24.3 Å². The molecule has 1 unspecified atom stereocenters. The Labute approximate surface area is 118 Å². The number of hydrogen-bond donors (Lipinski definition) is 2. The molecule has 0 aliphatic heterocycles. The molecule has 0 radical (unpaired) electrons. The largest absolute Gasteiger partial charge is 0.479 e. The van der Waals surface area contributed by atoms with Crippen LogP contribution in [0.25, 0.3) is 0 Å². The lowest BCUT2D eigenvalue weighted by molar-refractivity contribution is -0.138. The summed E-state index contributed by atoms with van der Waals surface area (Å²) in [5.41, 5.74) is 0.319. The van der Waals surface area contributed by atoms with E-state index in [0.29, 0.717) is 16.8 Å². The number of carbonyl (C=O) groups is 1. The minimum Gasteiger partial charge on any atom is -0.479 e. The van der Waals surface area contributed by atoms with Gasteiger partial charge >= 0.3 is 5.97 Å². The topological polar surface area (TPSA) is 49.3 Å². The number of hydrogen-bond acceptors (Lipinski definition) is 2. The maximum Gasteiger partial charge on any atom is 0.330 e. The van der Waals surface area contributed by atoms with E-state index in [4.69, 9.17) is 11.6 Å². The minimum absolute atomic E-state index is 0.145. The molecule has 2 aromatic rings. The molecule has 0 aliphatic carbocycles. The minimum atomic E-state index is -1.32. The molecule has 0 saturated heterocycles. The van der Waals surface area contributed by atoms with E-state index >= 15 is 0 Å². The molecule has 0 bridgehead atoms. The van der Waals surface area contributed by atoms with Gasteiger partial charge in [0.25, 0.3) is 0 Å². The van der Waals surface area contributed by atoms with Crippen molar-refractivity contribution < 1.29 is 18.7 Å². The summed E-state index contributed by atoms with van der Waals surface area (Å²) in [5.74, 6) is -2.95. The normalized spacial score (nSPS) is 11.9. The Hall–Kier alpha value is -2.14. The second-order valence-electron chi connectivity index (χ2n) is 4.09. The van der Waals surface area contributed by atoms with Gasteiger partial charge in [0.05, 0.1) is 0 Å². The first kappa shape index (κ1) is 14.3. The molecule has 0 amide bonds. The van der Waals surface area contributed by atoms with Gasteiger partial charge in [0, 0.05) is 22.3 Å². The van der Waals surface area contributed by atoms with Crippen LogP contribution in [-0.4, -0.2) is 11.1 Å². The van der Waals surface area contributed by atoms with Crippen LogP contribution in [0.4, 0.5) is 14.5 Å². The van der Waals surface area contributed by atoms with Gasteiger partial charge in [-0.3, -0.25) is 0 Å². The molecule has 0 fully saturated rings. The third-order valence-electron chi connectivity index (χ3n) is 2.68. The fourth-order valence-corrected chi connectivity index (χ4v) is 1.85. The molecule has 0 spiro atoms. The van der Waals surface area contributed by atoms with Crippen molar-refractivity contribution in [2.75, 3.05) is 5.32 Å². The first-order chi connectivity index (χ1) is 9.47. The third-order valence-corrected chi connectivity index (χ3v) is 2.93. The summed E-state index contributed by atoms with van der Waals surface area (Å²) in [4.78, 5) is 11.3. The third kappa shape index (κ3) is 3.24. The lowest BCUT2D eigenvalue weighted by Crippen LogP contribution is -2.21. The Balaban J connectivity index is 2.31. The number of carboxylic acids is 1. The summed E-state index contributed by atoms with van der Waals surface area (Å²) in [7, 11) is 0. The second kappa shape index (κ2) is 5.88. The highest BCUT2D eigenvalue weighted by Crippen LogP contribution is 2.24. The average Bonchev–Trinajstić information content (AvgIpc) is 2.39. The van der Waals surface area contributed by atoms with Crippen LogP contribution in [0.5, 0.6) is 0 Å². The van der Waals surface area contributed by atoms with E-state index in [9.17, 15) is 18.7 Å². The first-order valence-electron chi connectivity index (χ1n) is 5.67. The zero-order valence-electron chi connectivity index (χ0n) is 10.1. The summed E-state index contributed by atoms with van der Waals surface area (Å²) in [6.07, 6.45) is 0. The van der Waals surface area contributed by atoms with Crippen molar-refractivity contribution in [3.8, 4) is 0 Å². The van der Waals surface area contributed by atoms with E-state index in [1.807, 2.05) is 0 Å². The van der Waals surface area contributed by atoms with Gasteiger partial charge in [-0.2, -0.15) is 0 Å². The van der Waals surface area contributed by atoms with E-state index in [-0.39, 0.29) is 5.56 Å². The van der Waals surface area contributed by atoms with Gasteiger partial charge in [-0.1, -0.05) is 17.7 Å². The van der Waals surface area contributed by atoms with Crippen LogP contribution in [0.3, 0.4) is 0 Å². The number of benzene rings is 2. The maximum atomic E-state index is 13.7. The zero-order chi connectivity index (χ0) is 14.7. The molecule has 6 heteroatoms. The van der Waals surface area contributed by atoms with Crippen molar-refractivity contribution >= 4 is 23.3 Å².